The van der Waals surface area contributed by atoms with Gasteiger partial charge in [-0.15, -0.1) is 0 Å². The van der Waals surface area contributed by atoms with Crippen LogP contribution in [-0.2, 0) is 6.42 Å². The molecule has 0 saturated heterocycles. The smallest absolute Gasteiger partial charge is 0.239 e. The van der Waals surface area contributed by atoms with Crippen molar-refractivity contribution in [2.24, 2.45) is 4.99 Å². The molecular formula is C18H16FN3S. The molecule has 0 aliphatic heterocycles. The number of halogens is 1. The number of aliphatic imine (C=N–C) groups is 1. The van der Waals surface area contributed by atoms with Crippen LogP contribution in [-0.4, -0.2) is 15.1 Å². The second-order valence-corrected chi connectivity index (χ2v) is 5.16. The monoisotopic (exact) mass is 325 g/mol. The summed E-state index contributed by atoms with van der Waals surface area (Å²) in [6, 6.07) is 7.98. The minimum atomic E-state index is -0.764. The third-order valence-electron chi connectivity index (χ3n) is 3.23. The molecule has 0 saturated carbocycles. The Morgan fingerprint density at radius 3 is 2.61 bits per heavy atom. The first kappa shape index (κ1) is 17.0. The van der Waals surface area contributed by atoms with Gasteiger partial charge in [0.1, 0.15) is 0 Å². The summed E-state index contributed by atoms with van der Waals surface area (Å²) in [5.41, 5.74) is 2.09. The third-order valence-corrected chi connectivity index (χ3v) is 3.32. The van der Waals surface area contributed by atoms with Gasteiger partial charge in [0.2, 0.25) is 5.95 Å². The van der Waals surface area contributed by atoms with Crippen molar-refractivity contribution >= 4 is 23.2 Å². The van der Waals surface area contributed by atoms with Crippen LogP contribution in [0, 0.1) is 17.8 Å². The molecule has 2 rings (SSSR count). The van der Waals surface area contributed by atoms with Crippen molar-refractivity contribution in [3.63, 3.8) is 0 Å². The molecule has 0 aliphatic carbocycles. The van der Waals surface area contributed by atoms with Gasteiger partial charge in [-0.2, -0.15) is 14.4 Å². The van der Waals surface area contributed by atoms with E-state index in [-0.39, 0.29) is 11.5 Å². The van der Waals surface area contributed by atoms with E-state index in [0.717, 1.165) is 12.0 Å². The lowest BCUT2D eigenvalue weighted by atomic mass is 10.1. The highest BCUT2D eigenvalue weighted by atomic mass is 32.1. The largest absolute Gasteiger partial charge is 0.249 e. The van der Waals surface area contributed by atoms with Gasteiger partial charge in [0.25, 0.3) is 0 Å². The zero-order valence-electron chi connectivity index (χ0n) is 12.8. The Labute approximate surface area is 140 Å². The Kier molecular flexibility index (Phi) is 6.56. The zero-order valence-corrected chi connectivity index (χ0v) is 13.7. The molecule has 1 aromatic carbocycles. The number of thiocarbonyl (C=S) groups is 1. The predicted molar refractivity (Wildman–Crippen MR) is 92.3 cm³/mol. The molecule has 23 heavy (non-hydrogen) atoms. The van der Waals surface area contributed by atoms with Gasteiger partial charge < -0.3 is 0 Å². The molecule has 2 aromatic rings. The number of aromatic nitrogens is 2. The first-order valence-corrected chi connectivity index (χ1v) is 7.85. The summed E-state index contributed by atoms with van der Waals surface area (Å²) < 4.78 is 13.7. The average Bonchev–Trinajstić information content (AvgIpc) is 2.56. The van der Waals surface area contributed by atoms with Crippen molar-refractivity contribution in [1.29, 1.82) is 0 Å². The summed E-state index contributed by atoms with van der Waals surface area (Å²) in [6.45, 7) is 2.19. The average molecular weight is 325 g/mol. The highest BCUT2D eigenvalue weighted by molar-refractivity contribution is 7.78. The van der Waals surface area contributed by atoms with E-state index in [0.29, 0.717) is 0 Å². The Balaban J connectivity index is 2.08. The minimum Gasteiger partial charge on any atom is -0.239 e. The van der Waals surface area contributed by atoms with E-state index in [1.54, 1.807) is 0 Å². The predicted octanol–water partition coefficient (Wildman–Crippen LogP) is 4.48. The fourth-order valence-electron chi connectivity index (χ4n) is 2.01. The SMILES string of the molecule is CCCCCc1ccc(C#Cc2ncc(N=C=S)nc2F)cc1. The van der Waals surface area contributed by atoms with Gasteiger partial charge in [-0.25, -0.2) is 4.98 Å². The lowest BCUT2D eigenvalue weighted by molar-refractivity contribution is 0.573. The first-order valence-electron chi connectivity index (χ1n) is 7.44. The Morgan fingerprint density at radius 2 is 1.96 bits per heavy atom. The lowest BCUT2D eigenvalue weighted by Crippen LogP contribution is -1.93. The van der Waals surface area contributed by atoms with E-state index in [1.807, 2.05) is 12.1 Å². The van der Waals surface area contributed by atoms with Gasteiger partial charge >= 0.3 is 0 Å². The summed E-state index contributed by atoms with van der Waals surface area (Å²) in [5, 5.41) is 2.12. The second kappa shape index (κ2) is 8.89. The number of hydrogen-bond donors (Lipinski definition) is 0. The van der Waals surface area contributed by atoms with E-state index < -0.39 is 5.95 Å². The van der Waals surface area contributed by atoms with Crippen LogP contribution in [0.25, 0.3) is 0 Å². The number of nitrogens with zero attached hydrogens (tertiary/aromatic N) is 3. The molecule has 0 atom stereocenters. The first-order chi connectivity index (χ1) is 11.2. The number of benzene rings is 1. The maximum atomic E-state index is 13.7. The van der Waals surface area contributed by atoms with Gasteiger partial charge in [-0.1, -0.05) is 37.8 Å². The van der Waals surface area contributed by atoms with Crippen molar-refractivity contribution in [2.45, 2.75) is 32.6 Å². The lowest BCUT2D eigenvalue weighted by Gasteiger charge is -2.00. The summed E-state index contributed by atoms with van der Waals surface area (Å²) in [4.78, 5) is 11.1. The van der Waals surface area contributed by atoms with Crippen LogP contribution < -0.4 is 0 Å². The van der Waals surface area contributed by atoms with Crippen LogP contribution in [0.5, 0.6) is 0 Å². The third kappa shape index (κ3) is 5.37. The van der Waals surface area contributed by atoms with Crippen LogP contribution in [0.15, 0.2) is 35.5 Å². The van der Waals surface area contributed by atoms with Crippen LogP contribution in [0.4, 0.5) is 10.2 Å². The molecular weight excluding hydrogens is 309 g/mol. The molecule has 0 radical (unpaired) electrons. The van der Waals surface area contributed by atoms with E-state index in [2.05, 4.69) is 63.2 Å². The van der Waals surface area contributed by atoms with Gasteiger partial charge in [-0.3, -0.25) is 0 Å². The van der Waals surface area contributed by atoms with Gasteiger partial charge in [0, 0.05) is 5.56 Å². The summed E-state index contributed by atoms with van der Waals surface area (Å²) in [5.74, 6) is 4.89. The Hall–Kier alpha value is -2.41. The number of unbranched alkanes of at least 4 members (excludes halogenated alkanes) is 2. The van der Waals surface area contributed by atoms with E-state index in [9.17, 15) is 4.39 Å². The van der Waals surface area contributed by atoms with Crippen molar-refractivity contribution in [3.8, 4) is 11.8 Å². The number of rotatable bonds is 5. The topological polar surface area (TPSA) is 38.1 Å². The molecule has 5 heteroatoms. The van der Waals surface area contributed by atoms with Crippen LogP contribution in [0.1, 0.15) is 43.0 Å². The van der Waals surface area contributed by atoms with Crippen molar-refractivity contribution in [3.05, 3.63) is 53.2 Å². The highest BCUT2D eigenvalue weighted by Gasteiger charge is 2.03. The van der Waals surface area contributed by atoms with Crippen molar-refractivity contribution < 1.29 is 4.39 Å². The normalized spacial score (nSPS) is 9.65. The maximum Gasteiger partial charge on any atom is 0.249 e. The van der Waals surface area contributed by atoms with Gasteiger partial charge in [0.15, 0.2) is 11.5 Å². The quantitative estimate of drug-likeness (QED) is 0.352. The summed E-state index contributed by atoms with van der Waals surface area (Å²) in [6.07, 6.45) is 6.03. The highest BCUT2D eigenvalue weighted by Crippen LogP contribution is 2.10. The molecule has 0 N–H and O–H groups in total. The van der Waals surface area contributed by atoms with Crippen LogP contribution >= 0.6 is 12.2 Å². The molecule has 1 aromatic heterocycles. The van der Waals surface area contributed by atoms with Crippen LogP contribution in [0.2, 0.25) is 0 Å². The van der Waals surface area contributed by atoms with Crippen LogP contribution in [0.3, 0.4) is 0 Å². The van der Waals surface area contributed by atoms with E-state index >= 15 is 0 Å². The molecule has 0 bridgehead atoms. The van der Waals surface area contributed by atoms with Crippen molar-refractivity contribution in [1.82, 2.24) is 9.97 Å². The van der Waals surface area contributed by atoms with E-state index in [1.165, 1.54) is 31.0 Å². The number of hydrogen-bond acceptors (Lipinski definition) is 4. The summed E-state index contributed by atoms with van der Waals surface area (Å²) in [7, 11) is 0. The maximum absolute atomic E-state index is 13.7. The Morgan fingerprint density at radius 1 is 1.17 bits per heavy atom. The van der Waals surface area contributed by atoms with Gasteiger partial charge in [0.05, 0.1) is 11.4 Å². The second-order valence-electron chi connectivity index (χ2n) is 4.97. The molecule has 0 fully saturated rings. The molecule has 0 aliphatic rings. The fourth-order valence-corrected chi connectivity index (χ4v) is 2.10. The molecule has 3 nitrogen and oxygen atoms in total. The fraction of sp³-hybridized carbons (Fsp3) is 0.278. The zero-order chi connectivity index (χ0) is 16.5. The minimum absolute atomic E-state index is 0.0136. The standard InChI is InChI=1S/C18H16FN3S/c1-2-3-4-5-14-6-8-15(9-7-14)10-11-16-18(19)22-17(12-20-16)21-13-23/h6-9,12H,2-5H2,1H3. The molecule has 0 unspecified atom stereocenters. The summed E-state index contributed by atoms with van der Waals surface area (Å²) >= 11 is 4.43. The molecule has 0 amide bonds. The van der Waals surface area contributed by atoms with Crippen molar-refractivity contribution in [2.75, 3.05) is 0 Å². The molecule has 0 spiro atoms. The van der Waals surface area contributed by atoms with Gasteiger partial charge in [-0.05, 0) is 48.7 Å². The molecule has 1 heterocycles. The van der Waals surface area contributed by atoms with E-state index in [4.69, 9.17) is 0 Å². The Bertz CT molecular complexity index is 769. The number of aryl methyl sites for hydroxylation is 1. The number of isothiocyanates is 1. The molecule has 116 valence electrons.